The minimum absolute atomic E-state index is 0.0377. The molecule has 2 aromatic carbocycles. The first-order valence-electron chi connectivity index (χ1n) is 7.02. The van der Waals surface area contributed by atoms with Gasteiger partial charge in [-0.15, -0.1) is 0 Å². The first kappa shape index (κ1) is 17.0. The summed E-state index contributed by atoms with van der Waals surface area (Å²) in [6, 6.07) is 9.87. The fraction of sp³-hybridized carbons (Fsp3) is 0.118. The first-order valence-corrected chi connectivity index (χ1v) is 7.02. The molecule has 24 heavy (non-hydrogen) atoms. The lowest BCUT2D eigenvalue weighted by molar-refractivity contribution is -0.384. The lowest BCUT2D eigenvalue weighted by Crippen LogP contribution is -2.06. The maximum absolute atomic E-state index is 11.8. The fourth-order valence-electron chi connectivity index (χ4n) is 1.96. The molecule has 0 spiro atoms. The summed E-state index contributed by atoms with van der Waals surface area (Å²) in [4.78, 5) is 21.9. The Hall–Kier alpha value is -3.35. The van der Waals surface area contributed by atoms with Crippen LogP contribution < -0.4 is 0 Å². The Labute approximate surface area is 137 Å². The van der Waals surface area contributed by atoms with Crippen molar-refractivity contribution >= 4 is 17.7 Å². The van der Waals surface area contributed by atoms with Gasteiger partial charge in [-0.25, -0.2) is 4.79 Å². The number of aromatic hydroxyl groups is 2. The molecule has 1 atom stereocenters. The van der Waals surface area contributed by atoms with E-state index in [1.165, 1.54) is 54.6 Å². The molecule has 2 N–H and O–H groups in total. The second kappa shape index (κ2) is 7.28. The number of carbonyl (C=O) groups is 1. The van der Waals surface area contributed by atoms with Crippen LogP contribution in [0.2, 0.25) is 0 Å². The van der Waals surface area contributed by atoms with Crippen molar-refractivity contribution in [3.63, 3.8) is 0 Å². The van der Waals surface area contributed by atoms with Crippen LogP contribution in [0.3, 0.4) is 0 Å². The zero-order chi connectivity index (χ0) is 17.7. The second-order valence-electron chi connectivity index (χ2n) is 5.01. The molecule has 2 aromatic rings. The van der Waals surface area contributed by atoms with Gasteiger partial charge in [-0.3, -0.25) is 10.1 Å². The molecule has 7 heteroatoms. The molecule has 0 saturated heterocycles. The summed E-state index contributed by atoms with van der Waals surface area (Å²) in [5.41, 5.74) is 1.11. The smallest absolute Gasteiger partial charge is 0.331 e. The number of phenols is 2. The zero-order valence-corrected chi connectivity index (χ0v) is 12.7. The van der Waals surface area contributed by atoms with Gasteiger partial charge >= 0.3 is 5.97 Å². The number of hydrogen-bond donors (Lipinski definition) is 2. The van der Waals surface area contributed by atoms with E-state index in [0.717, 1.165) is 0 Å². The van der Waals surface area contributed by atoms with Gasteiger partial charge in [0.1, 0.15) is 6.10 Å². The maximum atomic E-state index is 11.8. The van der Waals surface area contributed by atoms with E-state index in [-0.39, 0.29) is 17.2 Å². The van der Waals surface area contributed by atoms with Crippen LogP contribution in [0.1, 0.15) is 24.2 Å². The molecule has 0 aliphatic rings. The molecule has 0 aliphatic carbocycles. The van der Waals surface area contributed by atoms with Crippen LogP contribution in [0.15, 0.2) is 48.5 Å². The first-order chi connectivity index (χ1) is 11.4. The highest BCUT2D eigenvalue weighted by molar-refractivity contribution is 5.87. The number of phenolic OH excluding ortho intramolecular Hbond substituents is 2. The number of nitrogens with zero attached hydrogens (tertiary/aromatic N) is 1. The van der Waals surface area contributed by atoms with Crippen molar-refractivity contribution in [3.8, 4) is 11.5 Å². The van der Waals surface area contributed by atoms with Gasteiger partial charge in [0.2, 0.25) is 0 Å². The molecule has 0 bridgehead atoms. The van der Waals surface area contributed by atoms with Gasteiger partial charge in [0, 0.05) is 18.2 Å². The number of benzene rings is 2. The van der Waals surface area contributed by atoms with E-state index in [1.807, 2.05) is 0 Å². The van der Waals surface area contributed by atoms with E-state index >= 15 is 0 Å². The Morgan fingerprint density at radius 3 is 2.42 bits per heavy atom. The number of esters is 1. The number of ether oxygens (including phenoxy) is 1. The van der Waals surface area contributed by atoms with E-state index in [1.54, 1.807) is 6.92 Å². The Balaban J connectivity index is 1.99. The molecular formula is C17H15NO6. The molecular weight excluding hydrogens is 314 g/mol. The molecule has 7 nitrogen and oxygen atoms in total. The van der Waals surface area contributed by atoms with Crippen LogP contribution in [0.25, 0.3) is 6.08 Å². The van der Waals surface area contributed by atoms with Gasteiger partial charge in [-0.05, 0) is 48.4 Å². The monoisotopic (exact) mass is 329 g/mol. The van der Waals surface area contributed by atoms with E-state index in [0.29, 0.717) is 11.1 Å². The molecule has 0 aliphatic heterocycles. The van der Waals surface area contributed by atoms with Crippen LogP contribution in [0.4, 0.5) is 5.69 Å². The van der Waals surface area contributed by atoms with Crippen LogP contribution >= 0.6 is 0 Å². The zero-order valence-electron chi connectivity index (χ0n) is 12.7. The normalized spacial score (nSPS) is 12.0. The minimum atomic E-state index is -0.603. The average Bonchev–Trinajstić information content (AvgIpc) is 2.56. The predicted molar refractivity (Wildman–Crippen MR) is 86.4 cm³/mol. The van der Waals surface area contributed by atoms with E-state index in [2.05, 4.69) is 0 Å². The number of nitro benzene ring substituents is 1. The van der Waals surface area contributed by atoms with Crippen LogP contribution in [0.5, 0.6) is 11.5 Å². The topological polar surface area (TPSA) is 110 Å². The van der Waals surface area contributed by atoms with Crippen LogP contribution in [-0.4, -0.2) is 21.1 Å². The Kier molecular flexibility index (Phi) is 5.16. The highest BCUT2D eigenvalue weighted by Crippen LogP contribution is 2.25. The third-order valence-corrected chi connectivity index (χ3v) is 3.28. The van der Waals surface area contributed by atoms with Gasteiger partial charge < -0.3 is 14.9 Å². The molecule has 124 valence electrons. The molecule has 0 radical (unpaired) electrons. The molecule has 0 saturated carbocycles. The summed E-state index contributed by atoms with van der Waals surface area (Å²) >= 11 is 0. The molecule has 0 heterocycles. The number of non-ortho nitro benzene ring substituents is 1. The summed E-state index contributed by atoms with van der Waals surface area (Å²) in [6.07, 6.45) is 2.05. The van der Waals surface area contributed by atoms with E-state index in [4.69, 9.17) is 4.74 Å². The number of carbonyl (C=O) groups excluding carboxylic acids is 1. The van der Waals surface area contributed by atoms with Gasteiger partial charge in [0.05, 0.1) is 4.92 Å². The fourth-order valence-corrected chi connectivity index (χ4v) is 1.96. The third kappa shape index (κ3) is 4.33. The summed E-state index contributed by atoms with van der Waals surface area (Å²) < 4.78 is 5.20. The van der Waals surface area contributed by atoms with Crippen LogP contribution in [0, 0.1) is 10.1 Å². The van der Waals surface area contributed by atoms with Crippen molar-refractivity contribution in [2.45, 2.75) is 13.0 Å². The van der Waals surface area contributed by atoms with Gasteiger partial charge in [-0.2, -0.15) is 0 Å². The molecule has 1 unspecified atom stereocenters. The van der Waals surface area contributed by atoms with Crippen molar-refractivity contribution in [1.82, 2.24) is 0 Å². The predicted octanol–water partition coefficient (Wildman–Crippen LogP) is 3.32. The summed E-state index contributed by atoms with van der Waals surface area (Å²) in [6.45, 7) is 1.65. The van der Waals surface area contributed by atoms with Crippen molar-refractivity contribution in [2.24, 2.45) is 0 Å². The Morgan fingerprint density at radius 1 is 1.17 bits per heavy atom. The Bertz CT molecular complexity index is 782. The highest BCUT2D eigenvalue weighted by atomic mass is 16.6. The lowest BCUT2D eigenvalue weighted by Gasteiger charge is -2.11. The molecule has 0 aromatic heterocycles. The summed E-state index contributed by atoms with van der Waals surface area (Å²) in [5.74, 6) is -1.14. The van der Waals surface area contributed by atoms with Gasteiger partial charge in [0.25, 0.3) is 5.69 Å². The van der Waals surface area contributed by atoms with Gasteiger partial charge in [0.15, 0.2) is 11.5 Å². The Morgan fingerprint density at radius 2 is 1.83 bits per heavy atom. The van der Waals surface area contributed by atoms with Crippen molar-refractivity contribution in [3.05, 3.63) is 69.8 Å². The lowest BCUT2D eigenvalue weighted by atomic mass is 10.1. The number of nitro groups is 1. The molecule has 0 amide bonds. The summed E-state index contributed by atoms with van der Waals surface area (Å²) in [5, 5.41) is 29.2. The number of hydrogen-bond acceptors (Lipinski definition) is 6. The third-order valence-electron chi connectivity index (χ3n) is 3.28. The van der Waals surface area contributed by atoms with Crippen molar-refractivity contribution in [2.75, 3.05) is 0 Å². The maximum Gasteiger partial charge on any atom is 0.331 e. The SMILES string of the molecule is CC(OC(=O)C=Cc1ccc(O)c(O)c1)c1ccc([N+](=O)[O-])cc1. The second-order valence-corrected chi connectivity index (χ2v) is 5.01. The average molecular weight is 329 g/mol. The standard InChI is InChI=1S/C17H15NO6/c1-11(13-4-6-14(7-5-13)18(22)23)24-17(21)9-3-12-2-8-15(19)16(20)10-12/h2-11,19-20H,1H3. The largest absolute Gasteiger partial charge is 0.504 e. The highest BCUT2D eigenvalue weighted by Gasteiger charge is 2.12. The minimum Gasteiger partial charge on any atom is -0.504 e. The van der Waals surface area contributed by atoms with E-state index < -0.39 is 17.0 Å². The summed E-state index contributed by atoms with van der Waals surface area (Å²) in [7, 11) is 0. The molecule has 0 fully saturated rings. The van der Waals surface area contributed by atoms with E-state index in [9.17, 15) is 25.1 Å². The van der Waals surface area contributed by atoms with Crippen molar-refractivity contribution in [1.29, 1.82) is 0 Å². The van der Waals surface area contributed by atoms with Gasteiger partial charge in [-0.1, -0.05) is 6.07 Å². The molecule has 2 rings (SSSR count). The number of rotatable bonds is 5. The van der Waals surface area contributed by atoms with Crippen LogP contribution in [-0.2, 0) is 9.53 Å². The van der Waals surface area contributed by atoms with Crippen molar-refractivity contribution < 1.29 is 24.7 Å². The quantitative estimate of drug-likeness (QED) is 0.286.